The number of benzene rings is 1. The second-order valence-electron chi connectivity index (χ2n) is 6.75. The molecular weight excluding hydrogens is 387 g/mol. The van der Waals surface area contributed by atoms with E-state index in [1.807, 2.05) is 6.92 Å². The number of aromatic nitrogens is 2. The van der Waals surface area contributed by atoms with Gasteiger partial charge in [0.1, 0.15) is 11.4 Å². The van der Waals surface area contributed by atoms with E-state index >= 15 is 0 Å². The zero-order valence-electron chi connectivity index (χ0n) is 16.8. The Labute approximate surface area is 167 Å². The van der Waals surface area contributed by atoms with Crippen molar-refractivity contribution in [2.75, 3.05) is 20.2 Å². The zero-order chi connectivity index (χ0) is 21.7. The summed E-state index contributed by atoms with van der Waals surface area (Å²) in [6.07, 6.45) is -1.27. The molecule has 0 aliphatic carbocycles. The molecule has 1 heterocycles. The van der Waals surface area contributed by atoms with Crippen molar-refractivity contribution in [3.8, 4) is 5.75 Å². The first-order chi connectivity index (χ1) is 13.6. The Morgan fingerprint density at radius 1 is 1.31 bits per heavy atom. The van der Waals surface area contributed by atoms with Gasteiger partial charge in [0.05, 0.1) is 32.0 Å². The summed E-state index contributed by atoms with van der Waals surface area (Å²) in [5.74, 6) is 0.420. The van der Waals surface area contributed by atoms with Crippen LogP contribution in [0.25, 0.3) is 0 Å². The van der Waals surface area contributed by atoms with Crippen LogP contribution in [0.15, 0.2) is 35.6 Å². The highest BCUT2D eigenvalue weighted by molar-refractivity contribution is 5.79. The van der Waals surface area contributed by atoms with E-state index in [0.29, 0.717) is 18.1 Å². The van der Waals surface area contributed by atoms with Gasteiger partial charge < -0.3 is 20.5 Å². The van der Waals surface area contributed by atoms with Crippen molar-refractivity contribution in [2.24, 2.45) is 12.0 Å². The summed E-state index contributed by atoms with van der Waals surface area (Å²) in [6, 6.07) is 3.77. The topological polar surface area (TPSA) is 83.7 Å². The largest absolute Gasteiger partial charge is 0.497 e. The number of hydrogen-bond donors (Lipinski definition) is 3. The van der Waals surface area contributed by atoms with Gasteiger partial charge in [0.2, 0.25) is 0 Å². The van der Waals surface area contributed by atoms with E-state index in [1.165, 1.54) is 19.2 Å². The van der Waals surface area contributed by atoms with Gasteiger partial charge in [-0.3, -0.25) is 4.68 Å². The van der Waals surface area contributed by atoms with E-state index in [0.717, 1.165) is 6.07 Å². The molecule has 2 aromatic rings. The summed E-state index contributed by atoms with van der Waals surface area (Å²) in [4.78, 5) is 4.24. The van der Waals surface area contributed by atoms with Gasteiger partial charge in [0.25, 0.3) is 0 Å². The number of guanidine groups is 1. The molecule has 0 aliphatic heterocycles. The number of halogens is 3. The van der Waals surface area contributed by atoms with Crippen LogP contribution in [0.2, 0.25) is 0 Å². The minimum Gasteiger partial charge on any atom is -0.497 e. The maximum absolute atomic E-state index is 13.4. The number of aliphatic imine (C=N–C) groups is 1. The quantitative estimate of drug-likeness (QED) is 0.480. The molecule has 0 fully saturated rings. The standard InChI is InChI=1S/C19H26F3N5O2/c1-5-23-17(25-12-18(2,28)14-10-26-27(3)11-14)24-9-13-6-7-15(29-4)8-16(13)19(20,21)22/h6-8,10-11,28H,5,9,12H2,1-4H3,(H2,23,24,25). The molecule has 1 atom stereocenters. The van der Waals surface area contributed by atoms with E-state index in [4.69, 9.17) is 4.74 Å². The Morgan fingerprint density at radius 3 is 2.59 bits per heavy atom. The van der Waals surface area contributed by atoms with Crippen LogP contribution in [0, 0.1) is 0 Å². The number of alkyl halides is 3. The molecule has 29 heavy (non-hydrogen) atoms. The van der Waals surface area contributed by atoms with E-state index < -0.39 is 17.3 Å². The summed E-state index contributed by atoms with van der Waals surface area (Å²) in [5, 5.41) is 20.6. The van der Waals surface area contributed by atoms with Gasteiger partial charge in [-0.2, -0.15) is 18.3 Å². The molecule has 160 valence electrons. The van der Waals surface area contributed by atoms with E-state index in [2.05, 4.69) is 20.7 Å². The summed E-state index contributed by atoms with van der Waals surface area (Å²) in [5.41, 5.74) is -1.40. The van der Waals surface area contributed by atoms with Crippen molar-refractivity contribution in [2.45, 2.75) is 32.2 Å². The van der Waals surface area contributed by atoms with Gasteiger partial charge in [-0.25, -0.2) is 4.99 Å². The fourth-order valence-corrected chi connectivity index (χ4v) is 2.65. The number of aryl methyl sites for hydroxylation is 1. The van der Waals surface area contributed by atoms with Crippen LogP contribution in [0.1, 0.15) is 30.5 Å². The van der Waals surface area contributed by atoms with Crippen LogP contribution >= 0.6 is 0 Å². The molecule has 0 bridgehead atoms. The lowest BCUT2D eigenvalue weighted by Gasteiger charge is -2.23. The van der Waals surface area contributed by atoms with Gasteiger partial charge in [-0.1, -0.05) is 6.07 Å². The maximum Gasteiger partial charge on any atom is 0.416 e. The van der Waals surface area contributed by atoms with Gasteiger partial charge in [-0.15, -0.1) is 0 Å². The van der Waals surface area contributed by atoms with Crippen LogP contribution in [0.4, 0.5) is 13.2 Å². The summed E-state index contributed by atoms with van der Waals surface area (Å²) in [7, 11) is 3.06. The number of hydrogen-bond acceptors (Lipinski definition) is 4. The van der Waals surface area contributed by atoms with E-state index in [-0.39, 0.29) is 24.4 Å². The molecule has 1 aromatic heterocycles. The third-order valence-electron chi connectivity index (χ3n) is 4.30. The normalized spacial score (nSPS) is 14.4. The zero-order valence-corrected chi connectivity index (χ0v) is 16.8. The summed E-state index contributed by atoms with van der Waals surface area (Å²) < 4.78 is 46.5. The Morgan fingerprint density at radius 2 is 2.03 bits per heavy atom. The van der Waals surface area contributed by atoms with Crippen molar-refractivity contribution in [3.63, 3.8) is 0 Å². The van der Waals surface area contributed by atoms with Gasteiger partial charge >= 0.3 is 6.18 Å². The average Bonchev–Trinajstić information content (AvgIpc) is 3.10. The first-order valence-electron chi connectivity index (χ1n) is 9.04. The molecule has 0 aliphatic rings. The predicted molar refractivity (Wildman–Crippen MR) is 104 cm³/mol. The second-order valence-corrected chi connectivity index (χ2v) is 6.75. The molecule has 7 nitrogen and oxygen atoms in total. The summed E-state index contributed by atoms with van der Waals surface area (Å²) in [6.45, 7) is 3.87. The number of methoxy groups -OCH3 is 1. The molecule has 0 spiro atoms. The highest BCUT2D eigenvalue weighted by Gasteiger charge is 2.33. The van der Waals surface area contributed by atoms with E-state index in [1.54, 1.807) is 31.0 Å². The number of nitrogens with zero attached hydrogens (tertiary/aromatic N) is 3. The van der Waals surface area contributed by atoms with E-state index in [9.17, 15) is 18.3 Å². The van der Waals surface area contributed by atoms with Crippen molar-refractivity contribution in [1.82, 2.24) is 20.4 Å². The predicted octanol–water partition coefficient (Wildman–Crippen LogP) is 2.41. The molecule has 2 rings (SSSR count). The van der Waals surface area contributed by atoms with Gasteiger partial charge in [0, 0.05) is 25.4 Å². The molecule has 0 saturated carbocycles. The number of ether oxygens (including phenoxy) is 1. The van der Waals surface area contributed by atoms with Crippen LogP contribution < -0.4 is 15.4 Å². The molecule has 10 heteroatoms. The van der Waals surface area contributed by atoms with Crippen LogP contribution in [-0.2, 0) is 25.4 Å². The highest BCUT2D eigenvalue weighted by Crippen LogP contribution is 2.34. The molecule has 0 radical (unpaired) electrons. The Hall–Kier alpha value is -2.75. The number of aliphatic hydroxyl groups is 1. The third kappa shape index (κ3) is 6.11. The third-order valence-corrected chi connectivity index (χ3v) is 4.30. The number of nitrogens with one attached hydrogen (secondary N) is 2. The van der Waals surface area contributed by atoms with Crippen molar-refractivity contribution in [3.05, 3.63) is 47.3 Å². The lowest BCUT2D eigenvalue weighted by Crippen LogP contribution is -2.44. The number of rotatable bonds is 7. The Balaban J connectivity index is 2.17. The van der Waals surface area contributed by atoms with Crippen molar-refractivity contribution in [1.29, 1.82) is 0 Å². The monoisotopic (exact) mass is 413 g/mol. The molecule has 1 unspecified atom stereocenters. The maximum atomic E-state index is 13.4. The minimum absolute atomic E-state index is 0.0227. The van der Waals surface area contributed by atoms with Crippen molar-refractivity contribution < 1.29 is 23.0 Å². The highest BCUT2D eigenvalue weighted by atomic mass is 19.4. The first-order valence-corrected chi connectivity index (χ1v) is 9.04. The SMILES string of the molecule is CCNC(=NCc1ccc(OC)cc1C(F)(F)F)NCC(C)(O)c1cnn(C)c1. The molecule has 1 aromatic carbocycles. The second kappa shape index (κ2) is 9.17. The van der Waals surface area contributed by atoms with Gasteiger partial charge in [-0.05, 0) is 31.5 Å². The van der Waals surface area contributed by atoms with Crippen LogP contribution in [0.5, 0.6) is 5.75 Å². The fourth-order valence-electron chi connectivity index (χ4n) is 2.65. The fraction of sp³-hybridized carbons (Fsp3) is 0.474. The van der Waals surface area contributed by atoms with Gasteiger partial charge in [0.15, 0.2) is 5.96 Å². The Bertz CT molecular complexity index is 847. The molecule has 3 N–H and O–H groups in total. The van der Waals surface area contributed by atoms with Crippen LogP contribution in [-0.4, -0.2) is 41.0 Å². The Kier molecular flexibility index (Phi) is 7.12. The average molecular weight is 413 g/mol. The molecule has 0 saturated heterocycles. The first kappa shape index (κ1) is 22.5. The van der Waals surface area contributed by atoms with Crippen LogP contribution in [0.3, 0.4) is 0 Å². The molecule has 0 amide bonds. The smallest absolute Gasteiger partial charge is 0.416 e. The molecular formula is C19H26F3N5O2. The lowest BCUT2D eigenvalue weighted by molar-refractivity contribution is -0.138. The summed E-state index contributed by atoms with van der Waals surface area (Å²) >= 11 is 0. The minimum atomic E-state index is -4.52. The lowest BCUT2D eigenvalue weighted by atomic mass is 10.00. The van der Waals surface area contributed by atoms with Crippen molar-refractivity contribution >= 4 is 5.96 Å².